The number of ether oxygens (including phenoxy) is 1. The molecule has 1 N–H and O–H groups in total. The maximum atomic E-state index is 12.4. The lowest BCUT2D eigenvalue weighted by molar-refractivity contribution is 0.394. The van der Waals surface area contributed by atoms with Crippen molar-refractivity contribution in [2.24, 2.45) is 0 Å². The highest BCUT2D eigenvalue weighted by molar-refractivity contribution is 6.35. The number of rotatable bonds is 5. The topological polar surface area (TPSA) is 38.7 Å². The molecule has 21 heavy (non-hydrogen) atoms. The number of methoxy groups -OCH3 is 1. The van der Waals surface area contributed by atoms with Gasteiger partial charge < -0.3 is 14.5 Å². The highest BCUT2D eigenvalue weighted by Crippen LogP contribution is 2.34. The lowest BCUT2D eigenvalue weighted by Gasteiger charge is -2.13. The van der Waals surface area contributed by atoms with E-state index in [1.807, 2.05) is 24.3 Å². The minimum Gasteiger partial charge on any atom is -0.507 e. The third-order valence-corrected chi connectivity index (χ3v) is 2.80. The van der Waals surface area contributed by atoms with Gasteiger partial charge in [-0.05, 0) is 23.8 Å². The molecular formula is C15H13BF2O3. The van der Waals surface area contributed by atoms with Crippen LogP contribution >= 0.6 is 0 Å². The largest absolute Gasteiger partial charge is 0.796 e. The van der Waals surface area contributed by atoms with Gasteiger partial charge in [-0.2, -0.15) is 0 Å². The lowest BCUT2D eigenvalue weighted by atomic mass is 10.1. The summed E-state index contributed by atoms with van der Waals surface area (Å²) in [7, 11) is -1.60. The molecule has 1 aromatic carbocycles. The molecule has 0 aliphatic heterocycles. The molecule has 1 aromatic rings. The Morgan fingerprint density at radius 1 is 1.19 bits per heavy atom. The zero-order valence-corrected chi connectivity index (χ0v) is 11.3. The number of allylic oxidation sites excluding steroid dienone is 7. The molecule has 0 saturated carbocycles. The maximum Gasteiger partial charge on any atom is 0.796 e. The average Bonchev–Trinajstić information content (AvgIpc) is 2.97. The number of hydrogen-bond donors (Lipinski definition) is 1. The Labute approximate surface area is 121 Å². The highest BCUT2D eigenvalue weighted by atomic mass is 19.2. The van der Waals surface area contributed by atoms with Crippen LogP contribution in [0.25, 0.3) is 5.76 Å². The van der Waals surface area contributed by atoms with Crippen LogP contribution in [0, 0.1) is 0 Å². The Kier molecular flexibility index (Phi) is 4.82. The van der Waals surface area contributed by atoms with Gasteiger partial charge in [-0.1, -0.05) is 36.4 Å². The molecule has 3 nitrogen and oxygen atoms in total. The van der Waals surface area contributed by atoms with E-state index in [9.17, 15) is 13.7 Å². The second-order valence-corrected chi connectivity index (χ2v) is 4.15. The quantitative estimate of drug-likeness (QED) is 0.659. The molecule has 1 aliphatic carbocycles. The van der Waals surface area contributed by atoms with Gasteiger partial charge >= 0.3 is 7.47 Å². The number of aliphatic hydroxyl groups is 1. The Hall–Kier alpha value is -2.50. The third-order valence-electron chi connectivity index (χ3n) is 2.80. The highest BCUT2D eigenvalue weighted by Gasteiger charge is 2.22. The van der Waals surface area contributed by atoms with Crippen molar-refractivity contribution in [2.45, 2.75) is 0 Å². The van der Waals surface area contributed by atoms with Crippen LogP contribution in [0.1, 0.15) is 5.56 Å². The van der Waals surface area contributed by atoms with Crippen LogP contribution in [0.15, 0.2) is 60.2 Å². The summed E-state index contributed by atoms with van der Waals surface area (Å²) < 4.78 is 34.4. The molecule has 0 radical (unpaired) electrons. The summed E-state index contributed by atoms with van der Waals surface area (Å²) in [6.45, 7) is 0. The van der Waals surface area contributed by atoms with Gasteiger partial charge in [-0.3, -0.25) is 0 Å². The van der Waals surface area contributed by atoms with E-state index < -0.39 is 7.47 Å². The van der Waals surface area contributed by atoms with Gasteiger partial charge in [0.25, 0.3) is 0 Å². The molecule has 0 spiro atoms. The summed E-state index contributed by atoms with van der Waals surface area (Å²) in [6.07, 6.45) is 10.5. The predicted molar refractivity (Wildman–Crippen MR) is 78.6 cm³/mol. The third kappa shape index (κ3) is 3.75. The van der Waals surface area contributed by atoms with E-state index in [1.54, 1.807) is 12.1 Å². The van der Waals surface area contributed by atoms with Crippen molar-refractivity contribution in [3.8, 4) is 11.5 Å². The minimum absolute atomic E-state index is 0.0862. The monoisotopic (exact) mass is 290 g/mol. The first-order valence-electron chi connectivity index (χ1n) is 6.19. The standard InChI is InChI=1S/C15H13BF2O3/c1-20-13-7-4-8-14(21-16(17)18)15(13)12(19)10-9-11-5-2-3-6-11/h2-10,19H,1H3. The Morgan fingerprint density at radius 2 is 1.86 bits per heavy atom. The van der Waals surface area contributed by atoms with Crippen LogP contribution in [0.4, 0.5) is 8.63 Å². The Morgan fingerprint density at radius 3 is 2.48 bits per heavy atom. The fourth-order valence-electron chi connectivity index (χ4n) is 1.89. The normalized spacial score (nSPS) is 13.5. The molecule has 6 heteroatoms. The molecule has 0 saturated heterocycles. The van der Waals surface area contributed by atoms with Gasteiger partial charge in [0, 0.05) is 0 Å². The molecule has 0 fully saturated rings. The SMILES string of the molecule is COc1cccc(OB(F)F)c1C(O)=CC=C1C=CC=C1. The van der Waals surface area contributed by atoms with Gasteiger partial charge in [0.1, 0.15) is 17.3 Å². The molecular weight excluding hydrogens is 277 g/mol. The number of benzene rings is 1. The molecule has 0 unspecified atom stereocenters. The molecule has 0 atom stereocenters. The van der Waals surface area contributed by atoms with Crippen molar-refractivity contribution in [2.75, 3.05) is 7.11 Å². The fraction of sp³-hybridized carbons (Fsp3) is 0.0667. The van der Waals surface area contributed by atoms with Crippen LogP contribution < -0.4 is 9.39 Å². The van der Waals surface area contributed by atoms with Gasteiger partial charge in [-0.25, -0.2) is 8.63 Å². The van der Waals surface area contributed by atoms with Gasteiger partial charge in [0.05, 0.1) is 12.7 Å². The number of halogens is 2. The van der Waals surface area contributed by atoms with Crippen molar-refractivity contribution in [3.05, 3.63) is 65.8 Å². The van der Waals surface area contributed by atoms with E-state index in [4.69, 9.17) is 4.74 Å². The summed E-state index contributed by atoms with van der Waals surface area (Å²) in [5.41, 5.74) is 0.968. The van der Waals surface area contributed by atoms with E-state index in [0.29, 0.717) is 0 Å². The summed E-state index contributed by atoms with van der Waals surface area (Å²) >= 11 is 0. The molecule has 2 rings (SSSR count). The first-order chi connectivity index (χ1) is 10.1. The van der Waals surface area contributed by atoms with Crippen molar-refractivity contribution in [1.29, 1.82) is 0 Å². The van der Waals surface area contributed by atoms with E-state index >= 15 is 0 Å². The predicted octanol–water partition coefficient (Wildman–Crippen LogP) is 3.95. The van der Waals surface area contributed by atoms with Crippen LogP contribution in [0.5, 0.6) is 11.5 Å². The van der Waals surface area contributed by atoms with Crippen molar-refractivity contribution >= 4 is 13.2 Å². The van der Waals surface area contributed by atoms with Crippen molar-refractivity contribution in [3.63, 3.8) is 0 Å². The minimum atomic E-state index is -2.98. The van der Waals surface area contributed by atoms with Crippen LogP contribution in [-0.2, 0) is 0 Å². The molecule has 0 bridgehead atoms. The smallest absolute Gasteiger partial charge is 0.507 e. The fourth-order valence-corrected chi connectivity index (χ4v) is 1.89. The first-order valence-corrected chi connectivity index (χ1v) is 6.19. The van der Waals surface area contributed by atoms with E-state index in [-0.39, 0.29) is 22.8 Å². The van der Waals surface area contributed by atoms with Crippen molar-refractivity contribution in [1.82, 2.24) is 0 Å². The van der Waals surface area contributed by atoms with Gasteiger partial charge in [0.15, 0.2) is 0 Å². The molecule has 0 amide bonds. The Bertz CT molecular complexity index is 620. The maximum absolute atomic E-state index is 12.4. The van der Waals surface area contributed by atoms with Crippen molar-refractivity contribution < 1.29 is 23.1 Å². The summed E-state index contributed by atoms with van der Waals surface area (Å²) in [6, 6.07) is 4.41. The average molecular weight is 290 g/mol. The van der Waals surface area contributed by atoms with E-state index in [2.05, 4.69) is 4.65 Å². The lowest BCUT2D eigenvalue weighted by Crippen LogP contribution is -2.10. The number of hydrogen-bond acceptors (Lipinski definition) is 3. The summed E-state index contributed by atoms with van der Waals surface area (Å²) in [4.78, 5) is 0. The van der Waals surface area contributed by atoms with E-state index in [1.165, 1.54) is 25.3 Å². The number of aliphatic hydroxyl groups excluding tert-OH is 1. The summed E-state index contributed by atoms with van der Waals surface area (Å²) in [5, 5.41) is 10.1. The van der Waals surface area contributed by atoms with Crippen LogP contribution in [-0.4, -0.2) is 19.7 Å². The molecule has 1 aliphatic rings. The van der Waals surface area contributed by atoms with Gasteiger partial charge in [-0.15, -0.1) is 0 Å². The van der Waals surface area contributed by atoms with Crippen LogP contribution in [0.3, 0.4) is 0 Å². The molecule has 108 valence electrons. The second-order valence-electron chi connectivity index (χ2n) is 4.15. The van der Waals surface area contributed by atoms with E-state index in [0.717, 1.165) is 5.57 Å². The molecule has 0 aromatic heterocycles. The summed E-state index contributed by atoms with van der Waals surface area (Å²) in [5.74, 6) is -0.115. The molecule has 0 heterocycles. The zero-order chi connectivity index (χ0) is 15.2. The second kappa shape index (κ2) is 6.79. The Balaban J connectivity index is 2.40. The van der Waals surface area contributed by atoms with Gasteiger partial charge in [0.2, 0.25) is 0 Å². The van der Waals surface area contributed by atoms with Crippen LogP contribution in [0.2, 0.25) is 0 Å². The first kappa shape index (κ1) is 14.9. The zero-order valence-electron chi connectivity index (χ0n) is 11.3.